The Balaban J connectivity index is 1.72. The first-order valence-electron chi connectivity index (χ1n) is 7.88. The van der Waals surface area contributed by atoms with E-state index in [1.54, 1.807) is 13.3 Å². The number of carbonyl (C=O) groups is 1. The predicted molar refractivity (Wildman–Crippen MR) is 99.8 cm³/mol. The van der Waals surface area contributed by atoms with Crippen LogP contribution in [0.5, 0.6) is 5.75 Å². The summed E-state index contributed by atoms with van der Waals surface area (Å²) in [5.41, 5.74) is 1.98. The number of ether oxygens (including phenoxy) is 1. The fraction of sp³-hybridized carbons (Fsp3) is 0.158. The molecule has 0 bridgehead atoms. The van der Waals surface area contributed by atoms with Gasteiger partial charge in [-0.15, -0.1) is 11.3 Å². The molecule has 0 spiro atoms. The molecule has 0 fully saturated rings. The molecule has 1 aromatic heterocycles. The van der Waals surface area contributed by atoms with Crippen molar-refractivity contribution in [3.8, 4) is 5.75 Å². The molecule has 0 aliphatic carbocycles. The molecule has 1 heterocycles. The molecule has 0 saturated carbocycles. The molecule has 2 N–H and O–H groups in total. The van der Waals surface area contributed by atoms with Gasteiger partial charge in [-0.1, -0.05) is 42.5 Å². The molecular weight excluding hydrogens is 334 g/mol. The van der Waals surface area contributed by atoms with E-state index in [9.17, 15) is 4.79 Å². The Hall–Kier alpha value is -2.70. The monoisotopic (exact) mass is 353 g/mol. The summed E-state index contributed by atoms with van der Waals surface area (Å²) in [6, 6.07) is 17.0. The summed E-state index contributed by atoms with van der Waals surface area (Å²) in [4.78, 5) is 16.8. The van der Waals surface area contributed by atoms with E-state index in [0.717, 1.165) is 16.9 Å². The first kappa shape index (κ1) is 17.1. The number of aromatic nitrogens is 1. The average Bonchev–Trinajstić information content (AvgIpc) is 3.16. The van der Waals surface area contributed by atoms with Crippen LogP contribution in [0.2, 0.25) is 0 Å². The van der Waals surface area contributed by atoms with Crippen LogP contribution in [-0.2, 0) is 11.3 Å². The van der Waals surface area contributed by atoms with Crippen molar-refractivity contribution in [2.24, 2.45) is 0 Å². The normalized spacial score (nSPS) is 11.7. The summed E-state index contributed by atoms with van der Waals surface area (Å²) < 4.78 is 5.17. The van der Waals surface area contributed by atoms with Crippen LogP contribution < -0.4 is 15.4 Å². The number of carbonyl (C=O) groups excluding carboxylic acids is 1. The van der Waals surface area contributed by atoms with Crippen molar-refractivity contribution < 1.29 is 9.53 Å². The van der Waals surface area contributed by atoms with Crippen molar-refractivity contribution >= 4 is 22.4 Å². The van der Waals surface area contributed by atoms with Crippen molar-refractivity contribution in [1.29, 1.82) is 0 Å². The van der Waals surface area contributed by atoms with Gasteiger partial charge in [-0.2, -0.15) is 0 Å². The quantitative estimate of drug-likeness (QED) is 0.681. The van der Waals surface area contributed by atoms with Crippen molar-refractivity contribution in [3.63, 3.8) is 0 Å². The maximum Gasteiger partial charge on any atom is 0.247 e. The summed E-state index contributed by atoms with van der Waals surface area (Å²) in [5.74, 6) is 0.680. The standard InChI is InChI=1S/C19H19N3O2S/c1-24-16-9-7-14(8-10-16)13-21-17(15-5-3-2-4-6-15)18(23)22-19-20-11-12-25-19/h2-12,17,21H,13H2,1H3,(H,20,22,23). The van der Waals surface area contributed by atoms with Gasteiger partial charge in [0.2, 0.25) is 5.91 Å². The smallest absolute Gasteiger partial charge is 0.247 e. The molecule has 128 valence electrons. The molecule has 1 amide bonds. The van der Waals surface area contributed by atoms with E-state index >= 15 is 0 Å². The van der Waals surface area contributed by atoms with Gasteiger partial charge in [0.05, 0.1) is 7.11 Å². The SMILES string of the molecule is COc1ccc(CNC(C(=O)Nc2nccs2)c2ccccc2)cc1. The van der Waals surface area contributed by atoms with E-state index in [1.807, 2.05) is 60.0 Å². The Morgan fingerprint density at radius 1 is 1.16 bits per heavy atom. The molecule has 0 saturated heterocycles. The first-order chi connectivity index (χ1) is 12.3. The third-order valence-electron chi connectivity index (χ3n) is 3.73. The van der Waals surface area contributed by atoms with E-state index < -0.39 is 6.04 Å². The fourth-order valence-electron chi connectivity index (χ4n) is 2.43. The lowest BCUT2D eigenvalue weighted by Gasteiger charge is -2.18. The van der Waals surface area contributed by atoms with Gasteiger partial charge < -0.3 is 10.1 Å². The lowest BCUT2D eigenvalue weighted by atomic mass is 10.1. The third kappa shape index (κ3) is 4.65. The van der Waals surface area contributed by atoms with Crippen LogP contribution in [0.4, 0.5) is 5.13 Å². The van der Waals surface area contributed by atoms with Gasteiger partial charge in [-0.25, -0.2) is 4.98 Å². The van der Waals surface area contributed by atoms with Crippen LogP contribution in [0.25, 0.3) is 0 Å². The number of thiazole rings is 1. The second-order valence-corrected chi connectivity index (χ2v) is 6.29. The maximum atomic E-state index is 12.7. The minimum atomic E-state index is -0.466. The second-order valence-electron chi connectivity index (χ2n) is 5.40. The Kier molecular flexibility index (Phi) is 5.77. The molecular formula is C19H19N3O2S. The number of nitrogens with zero attached hydrogens (tertiary/aromatic N) is 1. The molecule has 0 radical (unpaired) electrons. The third-order valence-corrected chi connectivity index (χ3v) is 4.42. The van der Waals surface area contributed by atoms with Crippen molar-refractivity contribution in [3.05, 3.63) is 77.3 Å². The molecule has 0 aliphatic heterocycles. The van der Waals surface area contributed by atoms with E-state index in [1.165, 1.54) is 11.3 Å². The average molecular weight is 353 g/mol. The summed E-state index contributed by atoms with van der Waals surface area (Å²) in [7, 11) is 1.64. The van der Waals surface area contributed by atoms with Crippen molar-refractivity contribution in [1.82, 2.24) is 10.3 Å². The Morgan fingerprint density at radius 2 is 1.92 bits per heavy atom. The van der Waals surface area contributed by atoms with E-state index in [-0.39, 0.29) is 5.91 Å². The number of benzene rings is 2. The number of hydrogen-bond acceptors (Lipinski definition) is 5. The summed E-state index contributed by atoms with van der Waals surface area (Å²) in [6.07, 6.45) is 1.67. The molecule has 6 heteroatoms. The van der Waals surface area contributed by atoms with Gasteiger partial charge in [0.15, 0.2) is 5.13 Å². The van der Waals surface area contributed by atoms with E-state index in [0.29, 0.717) is 11.7 Å². The van der Waals surface area contributed by atoms with Crippen LogP contribution in [0.3, 0.4) is 0 Å². The van der Waals surface area contributed by atoms with Gasteiger partial charge in [-0.05, 0) is 23.3 Å². The second kappa shape index (κ2) is 8.41. The first-order valence-corrected chi connectivity index (χ1v) is 8.76. The van der Waals surface area contributed by atoms with Crippen LogP contribution in [0.1, 0.15) is 17.2 Å². The highest BCUT2D eigenvalue weighted by molar-refractivity contribution is 7.13. The summed E-state index contributed by atoms with van der Waals surface area (Å²) in [5, 5.41) is 8.61. The lowest BCUT2D eigenvalue weighted by Crippen LogP contribution is -2.32. The molecule has 1 atom stereocenters. The van der Waals surface area contributed by atoms with Gasteiger partial charge in [0.25, 0.3) is 0 Å². The summed E-state index contributed by atoms with van der Waals surface area (Å²) in [6.45, 7) is 0.564. The van der Waals surface area contributed by atoms with Gasteiger partial charge in [0, 0.05) is 18.1 Å². The minimum Gasteiger partial charge on any atom is -0.497 e. The maximum absolute atomic E-state index is 12.7. The van der Waals surface area contributed by atoms with Crippen molar-refractivity contribution in [2.45, 2.75) is 12.6 Å². The molecule has 2 aromatic carbocycles. The van der Waals surface area contributed by atoms with Crippen LogP contribution >= 0.6 is 11.3 Å². The Bertz CT molecular complexity index is 789. The minimum absolute atomic E-state index is 0.130. The zero-order valence-corrected chi connectivity index (χ0v) is 14.6. The van der Waals surface area contributed by atoms with Crippen LogP contribution in [-0.4, -0.2) is 18.0 Å². The molecule has 3 rings (SSSR count). The molecule has 25 heavy (non-hydrogen) atoms. The zero-order chi connectivity index (χ0) is 17.5. The molecule has 3 aromatic rings. The fourth-order valence-corrected chi connectivity index (χ4v) is 2.97. The number of hydrogen-bond donors (Lipinski definition) is 2. The number of anilines is 1. The van der Waals surface area contributed by atoms with Gasteiger partial charge in [0.1, 0.15) is 11.8 Å². The van der Waals surface area contributed by atoms with Gasteiger partial charge >= 0.3 is 0 Å². The van der Waals surface area contributed by atoms with Crippen molar-refractivity contribution in [2.75, 3.05) is 12.4 Å². The zero-order valence-electron chi connectivity index (χ0n) is 13.8. The van der Waals surface area contributed by atoms with E-state index in [2.05, 4.69) is 15.6 Å². The topological polar surface area (TPSA) is 63.2 Å². The molecule has 5 nitrogen and oxygen atoms in total. The van der Waals surface area contributed by atoms with Gasteiger partial charge in [-0.3, -0.25) is 10.1 Å². The van der Waals surface area contributed by atoms with E-state index in [4.69, 9.17) is 4.74 Å². The summed E-state index contributed by atoms with van der Waals surface area (Å²) >= 11 is 1.40. The Labute approximate surface area is 150 Å². The van der Waals surface area contributed by atoms with Crippen LogP contribution in [0, 0.1) is 0 Å². The highest BCUT2D eigenvalue weighted by Crippen LogP contribution is 2.19. The molecule has 0 aliphatic rings. The number of methoxy groups -OCH3 is 1. The number of nitrogens with one attached hydrogen (secondary N) is 2. The number of amides is 1. The van der Waals surface area contributed by atoms with Crippen LogP contribution in [0.15, 0.2) is 66.2 Å². The highest BCUT2D eigenvalue weighted by Gasteiger charge is 2.20. The Morgan fingerprint density at radius 3 is 2.56 bits per heavy atom. The lowest BCUT2D eigenvalue weighted by molar-refractivity contribution is -0.118. The largest absolute Gasteiger partial charge is 0.497 e. The molecule has 1 unspecified atom stereocenters. The number of rotatable bonds is 7. The predicted octanol–water partition coefficient (Wildman–Crippen LogP) is 3.62. The highest BCUT2D eigenvalue weighted by atomic mass is 32.1.